The van der Waals surface area contributed by atoms with Crippen LogP contribution in [0.5, 0.6) is 0 Å². The maximum atomic E-state index is 13.9. The minimum atomic E-state index is -0.384. The number of aromatic amines is 1. The predicted molar refractivity (Wildman–Crippen MR) is 97.2 cm³/mol. The first-order valence-electron chi connectivity index (χ1n) is 8.05. The molecular weight excluding hydrogens is 339 g/mol. The van der Waals surface area contributed by atoms with Crippen molar-refractivity contribution < 1.29 is 4.39 Å². The number of nitrogens with zero attached hydrogens (tertiary/aromatic N) is 2. The van der Waals surface area contributed by atoms with Crippen molar-refractivity contribution in [2.45, 2.75) is 12.3 Å². The summed E-state index contributed by atoms with van der Waals surface area (Å²) in [5.41, 5.74) is 9.49. The number of fused-ring (bicyclic) bond motifs is 2. The maximum absolute atomic E-state index is 13.9. The van der Waals surface area contributed by atoms with E-state index in [1.165, 1.54) is 6.07 Å². The molecule has 3 heterocycles. The lowest BCUT2D eigenvalue weighted by Crippen LogP contribution is -2.36. The summed E-state index contributed by atoms with van der Waals surface area (Å²) in [4.78, 5) is 7.56. The number of rotatable bonds is 1. The van der Waals surface area contributed by atoms with Crippen molar-refractivity contribution in [3.8, 4) is 0 Å². The lowest BCUT2D eigenvalue weighted by molar-refractivity contribution is 0.449. The van der Waals surface area contributed by atoms with E-state index in [0.29, 0.717) is 0 Å². The highest BCUT2D eigenvalue weighted by atomic mass is 35.5. The average molecular weight is 353 g/mol. The average Bonchev–Trinajstić information content (AvgIpc) is 2.99. The summed E-state index contributed by atoms with van der Waals surface area (Å²) in [6.07, 6.45) is 12.5. The van der Waals surface area contributed by atoms with Gasteiger partial charge in [0, 0.05) is 28.9 Å². The highest BCUT2D eigenvalue weighted by Gasteiger charge is 2.32. The summed E-state index contributed by atoms with van der Waals surface area (Å²) in [5.74, 6) is -0.317. The Kier molecular flexibility index (Phi) is 3.12. The van der Waals surface area contributed by atoms with Crippen molar-refractivity contribution in [3.05, 3.63) is 81.7 Å². The third kappa shape index (κ3) is 2.16. The van der Waals surface area contributed by atoms with Gasteiger partial charge >= 0.3 is 0 Å². The Morgan fingerprint density at radius 2 is 2.20 bits per heavy atom. The Labute approximate surface area is 149 Å². The van der Waals surface area contributed by atoms with E-state index >= 15 is 0 Å². The first kappa shape index (κ1) is 14.5. The zero-order chi connectivity index (χ0) is 17.0. The number of nitrogens with one attached hydrogen (secondary N) is 2. The van der Waals surface area contributed by atoms with Crippen LogP contribution in [0.1, 0.15) is 34.7 Å². The maximum Gasteiger partial charge on any atom is 0.142 e. The number of halogens is 2. The molecule has 0 amide bonds. The molecule has 0 bridgehead atoms. The standard InChI is InChI=1S/C19H14ClFN4/c20-15-5-2-11(7-16(15)21)14-4-6-17-18-12(8-23-19(14)18)1-3-13-9-22-10-24-25(13)17/h1-3,5-10,14,23H,4H2,(H,22,24). The second-order valence-electron chi connectivity index (χ2n) is 6.21. The van der Waals surface area contributed by atoms with Crippen molar-refractivity contribution in [3.63, 3.8) is 0 Å². The van der Waals surface area contributed by atoms with Gasteiger partial charge in [0.2, 0.25) is 0 Å². The van der Waals surface area contributed by atoms with E-state index in [2.05, 4.69) is 27.6 Å². The normalized spacial score (nSPS) is 20.2. The lowest BCUT2D eigenvalue weighted by atomic mass is 9.84. The first-order valence-corrected chi connectivity index (χ1v) is 8.43. The van der Waals surface area contributed by atoms with E-state index in [1.807, 2.05) is 29.5 Å². The second-order valence-corrected chi connectivity index (χ2v) is 6.62. The molecule has 3 aliphatic rings. The fourth-order valence-electron chi connectivity index (χ4n) is 3.67. The van der Waals surface area contributed by atoms with Crippen LogP contribution in [0.15, 0.2) is 53.4 Å². The molecule has 1 aliphatic carbocycles. The Balaban J connectivity index is 1.64. The number of hydrogen-bond donors (Lipinski definition) is 2. The molecule has 0 saturated carbocycles. The van der Waals surface area contributed by atoms with Crippen molar-refractivity contribution >= 4 is 29.7 Å². The highest BCUT2D eigenvalue weighted by Crippen LogP contribution is 2.43. The molecule has 4 nitrogen and oxygen atoms in total. The molecule has 1 unspecified atom stereocenters. The van der Waals surface area contributed by atoms with Gasteiger partial charge in [-0.15, -0.1) is 0 Å². The molecule has 25 heavy (non-hydrogen) atoms. The summed E-state index contributed by atoms with van der Waals surface area (Å²) in [6.45, 7) is 0. The minimum Gasteiger partial charge on any atom is -0.363 e. The van der Waals surface area contributed by atoms with E-state index < -0.39 is 0 Å². The van der Waals surface area contributed by atoms with Gasteiger partial charge in [-0.3, -0.25) is 10.4 Å². The minimum absolute atomic E-state index is 0.0663. The van der Waals surface area contributed by atoms with E-state index in [9.17, 15) is 4.39 Å². The van der Waals surface area contributed by atoms with Crippen LogP contribution < -0.4 is 5.43 Å². The van der Waals surface area contributed by atoms with Crippen molar-refractivity contribution in [1.29, 1.82) is 0 Å². The number of allylic oxidation sites excluding steroid dienone is 2. The molecule has 6 heteroatoms. The summed E-state index contributed by atoms with van der Waals surface area (Å²) in [6, 6.07) is 5.05. The third-order valence-corrected chi connectivity index (χ3v) is 5.15. The van der Waals surface area contributed by atoms with Crippen LogP contribution in [0.4, 0.5) is 4.39 Å². The number of aliphatic imine (C=N–C) groups is 1. The summed E-state index contributed by atoms with van der Waals surface area (Å²) in [5, 5.41) is 2.17. The lowest BCUT2D eigenvalue weighted by Gasteiger charge is -2.32. The largest absolute Gasteiger partial charge is 0.363 e. The molecule has 0 radical (unpaired) electrons. The summed E-state index contributed by atoms with van der Waals surface area (Å²) in [7, 11) is 0. The molecule has 1 aromatic heterocycles. The summed E-state index contributed by atoms with van der Waals surface area (Å²) < 4.78 is 13.9. The van der Waals surface area contributed by atoms with Crippen LogP contribution in [0.25, 0.3) is 11.8 Å². The van der Waals surface area contributed by atoms with Gasteiger partial charge in [-0.2, -0.15) is 0 Å². The Morgan fingerprint density at radius 3 is 3.08 bits per heavy atom. The number of hydrazine groups is 1. The van der Waals surface area contributed by atoms with Crippen molar-refractivity contribution in [2.24, 2.45) is 4.99 Å². The van der Waals surface area contributed by atoms with Crippen molar-refractivity contribution in [2.75, 3.05) is 0 Å². The van der Waals surface area contributed by atoms with Gasteiger partial charge in [0.25, 0.3) is 0 Å². The second kappa shape index (κ2) is 5.36. The van der Waals surface area contributed by atoms with E-state index in [-0.39, 0.29) is 16.8 Å². The van der Waals surface area contributed by atoms with Gasteiger partial charge in [0.05, 0.1) is 22.6 Å². The van der Waals surface area contributed by atoms with Crippen LogP contribution in [-0.4, -0.2) is 16.3 Å². The van der Waals surface area contributed by atoms with Gasteiger partial charge < -0.3 is 4.98 Å². The molecule has 2 aromatic rings. The fraction of sp³-hybridized carbons (Fsp3) is 0.105. The zero-order valence-corrected chi connectivity index (χ0v) is 13.9. The van der Waals surface area contributed by atoms with Crippen LogP contribution in [0, 0.1) is 5.82 Å². The molecule has 124 valence electrons. The Hall–Kier alpha value is -2.79. The van der Waals surface area contributed by atoms with Crippen LogP contribution >= 0.6 is 11.6 Å². The van der Waals surface area contributed by atoms with Gasteiger partial charge in [0.1, 0.15) is 12.2 Å². The topological polar surface area (TPSA) is 43.4 Å². The number of hydrogen-bond acceptors (Lipinski definition) is 3. The molecule has 2 N–H and O–H groups in total. The van der Waals surface area contributed by atoms with Gasteiger partial charge in [-0.25, -0.2) is 9.38 Å². The van der Waals surface area contributed by atoms with Crippen LogP contribution in [0.3, 0.4) is 0 Å². The molecule has 1 aromatic carbocycles. The first-order chi connectivity index (χ1) is 12.2. The molecule has 0 spiro atoms. The van der Waals surface area contributed by atoms with Gasteiger partial charge in [-0.05, 0) is 30.2 Å². The Bertz CT molecular complexity index is 999. The molecule has 1 atom stereocenters. The smallest absolute Gasteiger partial charge is 0.142 e. The monoisotopic (exact) mass is 352 g/mol. The Morgan fingerprint density at radius 1 is 1.28 bits per heavy atom. The molecule has 0 saturated heterocycles. The van der Waals surface area contributed by atoms with E-state index in [4.69, 9.17) is 11.6 Å². The fourth-order valence-corrected chi connectivity index (χ4v) is 3.79. The SMILES string of the molecule is Fc1cc(C2CC=C3c4c(c[nH]c42)C=CC2=CN=CNN23)ccc1Cl. The number of aromatic nitrogens is 1. The molecule has 0 fully saturated rings. The van der Waals surface area contributed by atoms with E-state index in [1.54, 1.807) is 12.4 Å². The van der Waals surface area contributed by atoms with Gasteiger partial charge in [0.15, 0.2) is 0 Å². The highest BCUT2D eigenvalue weighted by molar-refractivity contribution is 6.30. The zero-order valence-electron chi connectivity index (χ0n) is 13.1. The number of H-pyrrole nitrogens is 1. The third-order valence-electron chi connectivity index (χ3n) is 4.84. The van der Waals surface area contributed by atoms with Crippen molar-refractivity contribution in [1.82, 2.24) is 15.4 Å². The van der Waals surface area contributed by atoms with Crippen LogP contribution in [-0.2, 0) is 0 Å². The van der Waals surface area contributed by atoms with Gasteiger partial charge in [-0.1, -0.05) is 29.8 Å². The summed E-state index contributed by atoms with van der Waals surface area (Å²) >= 11 is 5.84. The molecular formula is C19H14ClFN4. The predicted octanol–water partition coefficient (Wildman–Crippen LogP) is 4.40. The number of benzene rings is 1. The van der Waals surface area contributed by atoms with Crippen LogP contribution in [0.2, 0.25) is 5.02 Å². The molecule has 5 rings (SSSR count). The quantitative estimate of drug-likeness (QED) is 0.798. The molecule has 2 aliphatic heterocycles. The van der Waals surface area contributed by atoms with E-state index in [0.717, 1.165) is 40.2 Å².